The maximum Gasteiger partial charge on any atom is 0.524 e. The van der Waals surface area contributed by atoms with E-state index < -0.39 is 7.82 Å². The summed E-state index contributed by atoms with van der Waals surface area (Å²) in [4.78, 5) is 17.1. The lowest BCUT2D eigenvalue weighted by molar-refractivity contribution is 0.282. The number of para-hydroxylation sites is 1. The van der Waals surface area contributed by atoms with Crippen LogP contribution < -0.4 is 4.52 Å². The Kier molecular flexibility index (Phi) is 2.98. The van der Waals surface area contributed by atoms with Crippen LogP contribution in [0.5, 0.6) is 5.75 Å². The van der Waals surface area contributed by atoms with Gasteiger partial charge in [0.15, 0.2) is 5.75 Å². The van der Waals surface area contributed by atoms with Gasteiger partial charge in [-0.05, 0) is 18.6 Å². The van der Waals surface area contributed by atoms with Gasteiger partial charge in [0.2, 0.25) is 0 Å². The first kappa shape index (κ1) is 10.5. The van der Waals surface area contributed by atoms with Crippen LogP contribution in [0.2, 0.25) is 5.02 Å². The highest BCUT2D eigenvalue weighted by Gasteiger charge is 2.19. The lowest BCUT2D eigenvalue weighted by atomic mass is 10.2. The summed E-state index contributed by atoms with van der Waals surface area (Å²) in [6.07, 6.45) is 0. The van der Waals surface area contributed by atoms with Crippen molar-refractivity contribution in [1.29, 1.82) is 0 Å². The van der Waals surface area contributed by atoms with Crippen molar-refractivity contribution in [3.8, 4) is 5.75 Å². The normalized spacial score (nSPS) is 11.4. The number of phosphoric acid groups is 1. The molecule has 4 nitrogen and oxygen atoms in total. The van der Waals surface area contributed by atoms with Gasteiger partial charge in [0.1, 0.15) is 0 Å². The molecule has 0 saturated heterocycles. The Hall–Kier alpha value is -0.540. The Morgan fingerprint density at radius 2 is 2.08 bits per heavy atom. The fraction of sp³-hybridized carbons (Fsp3) is 0.143. The second kappa shape index (κ2) is 3.68. The van der Waals surface area contributed by atoms with Crippen molar-refractivity contribution < 1.29 is 18.9 Å². The van der Waals surface area contributed by atoms with Crippen molar-refractivity contribution in [1.82, 2.24) is 0 Å². The number of aryl methyl sites for hydroxylation is 1. The Morgan fingerprint density at radius 1 is 1.46 bits per heavy atom. The van der Waals surface area contributed by atoms with Crippen molar-refractivity contribution in [3.05, 3.63) is 28.8 Å². The second-order valence-electron chi connectivity index (χ2n) is 2.47. The van der Waals surface area contributed by atoms with E-state index in [1.807, 2.05) is 0 Å². The first-order chi connectivity index (χ1) is 5.90. The van der Waals surface area contributed by atoms with Crippen LogP contribution in [0, 0.1) is 6.92 Å². The average Bonchev–Trinajstić information content (AvgIpc) is 1.95. The summed E-state index contributed by atoms with van der Waals surface area (Å²) in [5, 5.41) is 0.184. The van der Waals surface area contributed by atoms with Gasteiger partial charge in [-0.3, -0.25) is 9.79 Å². The first-order valence-electron chi connectivity index (χ1n) is 3.40. The topological polar surface area (TPSA) is 66.8 Å². The molecule has 13 heavy (non-hydrogen) atoms. The maximum absolute atomic E-state index is 10.5. The summed E-state index contributed by atoms with van der Waals surface area (Å²) in [5.41, 5.74) is 0.579. The lowest BCUT2D eigenvalue weighted by Gasteiger charge is -2.10. The molecule has 0 radical (unpaired) electrons. The van der Waals surface area contributed by atoms with Gasteiger partial charge >= 0.3 is 7.82 Å². The molecule has 1 aromatic rings. The second-order valence-corrected chi connectivity index (χ2v) is 4.04. The monoisotopic (exact) mass is 222 g/mol. The van der Waals surface area contributed by atoms with E-state index in [1.54, 1.807) is 19.1 Å². The van der Waals surface area contributed by atoms with Gasteiger partial charge in [-0.2, -0.15) is 0 Å². The van der Waals surface area contributed by atoms with Gasteiger partial charge in [-0.15, -0.1) is 0 Å². The zero-order chi connectivity index (χ0) is 10.1. The largest absolute Gasteiger partial charge is 0.524 e. The Bertz CT molecular complexity index is 339. The predicted molar refractivity (Wildman–Crippen MR) is 48.9 cm³/mol. The van der Waals surface area contributed by atoms with Crippen molar-refractivity contribution in [3.63, 3.8) is 0 Å². The smallest absolute Gasteiger partial charge is 0.402 e. The molecule has 1 rings (SSSR count). The summed E-state index contributed by atoms with van der Waals surface area (Å²) >= 11 is 5.67. The van der Waals surface area contributed by atoms with Crippen molar-refractivity contribution in [2.75, 3.05) is 0 Å². The fourth-order valence-electron chi connectivity index (χ4n) is 0.851. The highest BCUT2D eigenvalue weighted by molar-refractivity contribution is 7.46. The molecule has 0 heterocycles. The predicted octanol–water partition coefficient (Wildman–Crippen LogP) is 2.12. The van der Waals surface area contributed by atoms with Crippen LogP contribution in [-0.4, -0.2) is 9.79 Å². The van der Waals surface area contributed by atoms with Gasteiger partial charge < -0.3 is 4.52 Å². The van der Waals surface area contributed by atoms with E-state index in [9.17, 15) is 4.57 Å². The molecule has 0 atom stereocenters. The zero-order valence-corrected chi connectivity index (χ0v) is 8.42. The summed E-state index contributed by atoms with van der Waals surface area (Å²) in [5.74, 6) is 0.0255. The van der Waals surface area contributed by atoms with E-state index in [0.29, 0.717) is 5.56 Å². The fourth-order valence-corrected chi connectivity index (χ4v) is 1.65. The molecule has 0 amide bonds. The molecular formula is C7H8ClO4P. The van der Waals surface area contributed by atoms with Gasteiger partial charge in [0.05, 0.1) is 5.02 Å². The number of hydrogen-bond acceptors (Lipinski definition) is 2. The third kappa shape index (κ3) is 3.01. The molecule has 1 aromatic carbocycles. The minimum atomic E-state index is -4.53. The number of hydrogen-bond donors (Lipinski definition) is 2. The van der Waals surface area contributed by atoms with Gasteiger partial charge in [-0.25, -0.2) is 4.57 Å². The van der Waals surface area contributed by atoms with Crippen molar-refractivity contribution >= 4 is 19.4 Å². The molecular weight excluding hydrogens is 214 g/mol. The van der Waals surface area contributed by atoms with Crippen LogP contribution in [-0.2, 0) is 4.57 Å². The van der Waals surface area contributed by atoms with Crippen LogP contribution in [0.3, 0.4) is 0 Å². The summed E-state index contributed by atoms with van der Waals surface area (Å²) in [7, 11) is -4.53. The third-order valence-corrected chi connectivity index (χ3v) is 2.09. The van der Waals surface area contributed by atoms with Crippen LogP contribution >= 0.6 is 19.4 Å². The summed E-state index contributed by atoms with van der Waals surface area (Å²) in [6.45, 7) is 1.65. The Labute approximate surface area is 80.4 Å². The van der Waals surface area contributed by atoms with Crippen LogP contribution in [0.1, 0.15) is 5.56 Å². The van der Waals surface area contributed by atoms with E-state index >= 15 is 0 Å². The highest BCUT2D eigenvalue weighted by atomic mass is 35.5. The molecule has 0 saturated carbocycles. The van der Waals surface area contributed by atoms with Crippen molar-refractivity contribution in [2.24, 2.45) is 0 Å². The van der Waals surface area contributed by atoms with Crippen LogP contribution in [0.25, 0.3) is 0 Å². The molecule has 6 heteroatoms. The van der Waals surface area contributed by atoms with E-state index in [0.717, 1.165) is 0 Å². The standard InChI is InChI=1S/C7H8ClO4P/c1-5-3-2-4-6(8)7(5)12-13(9,10)11/h2-4H,1H3,(H2,9,10,11). The number of rotatable bonds is 2. The summed E-state index contributed by atoms with van der Waals surface area (Å²) < 4.78 is 14.9. The molecule has 0 spiro atoms. The quantitative estimate of drug-likeness (QED) is 0.752. The van der Waals surface area contributed by atoms with E-state index in [-0.39, 0.29) is 10.8 Å². The lowest BCUT2D eigenvalue weighted by Crippen LogP contribution is -1.93. The highest BCUT2D eigenvalue weighted by Crippen LogP contribution is 2.42. The van der Waals surface area contributed by atoms with E-state index in [4.69, 9.17) is 21.4 Å². The van der Waals surface area contributed by atoms with Crippen LogP contribution in [0.15, 0.2) is 18.2 Å². The van der Waals surface area contributed by atoms with Gasteiger partial charge in [-0.1, -0.05) is 23.7 Å². The SMILES string of the molecule is Cc1cccc(Cl)c1OP(=O)(O)O. The minimum absolute atomic E-state index is 0.0255. The Balaban J connectivity index is 3.07. The number of halogens is 1. The van der Waals surface area contributed by atoms with Gasteiger partial charge in [0.25, 0.3) is 0 Å². The van der Waals surface area contributed by atoms with Crippen LogP contribution in [0.4, 0.5) is 0 Å². The minimum Gasteiger partial charge on any atom is -0.402 e. The number of benzene rings is 1. The van der Waals surface area contributed by atoms with Gasteiger partial charge in [0, 0.05) is 0 Å². The molecule has 0 aromatic heterocycles. The Morgan fingerprint density at radius 3 is 2.54 bits per heavy atom. The summed E-state index contributed by atoms with van der Waals surface area (Å²) in [6, 6.07) is 4.82. The first-order valence-corrected chi connectivity index (χ1v) is 5.31. The third-order valence-electron chi connectivity index (χ3n) is 1.37. The van der Waals surface area contributed by atoms with E-state index in [2.05, 4.69) is 4.52 Å². The molecule has 2 N–H and O–H groups in total. The zero-order valence-electron chi connectivity index (χ0n) is 6.77. The molecule has 0 aliphatic carbocycles. The average molecular weight is 223 g/mol. The molecule has 0 aliphatic rings. The number of phosphoric ester groups is 1. The van der Waals surface area contributed by atoms with E-state index in [1.165, 1.54) is 6.07 Å². The van der Waals surface area contributed by atoms with Crippen molar-refractivity contribution in [2.45, 2.75) is 6.92 Å². The molecule has 0 unspecified atom stereocenters. The maximum atomic E-state index is 10.5. The molecule has 0 aliphatic heterocycles. The molecule has 72 valence electrons. The molecule has 0 fully saturated rings. The molecule has 0 bridgehead atoms.